The molecule has 0 fully saturated rings. The van der Waals surface area contributed by atoms with E-state index in [-0.39, 0.29) is 11.5 Å². The van der Waals surface area contributed by atoms with Gasteiger partial charge in [0.15, 0.2) is 5.76 Å². The Bertz CT molecular complexity index is 1010. The Balaban J connectivity index is 1.83. The SMILES string of the molecule is C/C(=N\NC(=O)c1cc2cc(Br)cc(Br)c2o1)c1ccc(C)cc1O. The summed E-state index contributed by atoms with van der Waals surface area (Å²) in [7, 11) is 0. The fourth-order valence-electron chi connectivity index (χ4n) is 2.39. The normalized spacial score (nSPS) is 11.8. The van der Waals surface area contributed by atoms with Crippen LogP contribution in [0.2, 0.25) is 0 Å². The molecule has 5 nitrogen and oxygen atoms in total. The number of carbonyl (C=O) groups is 1. The molecule has 0 spiro atoms. The van der Waals surface area contributed by atoms with E-state index >= 15 is 0 Å². The molecule has 2 aromatic carbocycles. The van der Waals surface area contributed by atoms with Gasteiger partial charge in [-0.2, -0.15) is 5.10 Å². The molecule has 0 saturated carbocycles. The van der Waals surface area contributed by atoms with Crippen molar-refractivity contribution >= 4 is 54.4 Å². The Morgan fingerprint density at radius 2 is 1.96 bits per heavy atom. The van der Waals surface area contributed by atoms with Crippen LogP contribution in [0.4, 0.5) is 0 Å². The van der Waals surface area contributed by atoms with E-state index in [2.05, 4.69) is 42.4 Å². The second-order valence-corrected chi connectivity index (χ2v) is 7.35. The molecule has 7 heteroatoms. The maximum Gasteiger partial charge on any atom is 0.307 e. The second-order valence-electron chi connectivity index (χ2n) is 5.58. The van der Waals surface area contributed by atoms with Gasteiger partial charge in [0.05, 0.1) is 10.2 Å². The van der Waals surface area contributed by atoms with Gasteiger partial charge in [-0.25, -0.2) is 5.43 Å². The molecular weight excluding hydrogens is 452 g/mol. The van der Waals surface area contributed by atoms with E-state index in [1.807, 2.05) is 25.1 Å². The molecule has 1 heterocycles. The number of hydrogen-bond acceptors (Lipinski definition) is 4. The van der Waals surface area contributed by atoms with Crippen molar-refractivity contribution in [3.63, 3.8) is 0 Å². The third-order valence-electron chi connectivity index (χ3n) is 3.63. The van der Waals surface area contributed by atoms with Crippen molar-refractivity contribution in [2.45, 2.75) is 13.8 Å². The lowest BCUT2D eigenvalue weighted by molar-refractivity contribution is 0.0929. The molecule has 0 bridgehead atoms. The van der Waals surface area contributed by atoms with Crippen molar-refractivity contribution in [3.8, 4) is 5.75 Å². The van der Waals surface area contributed by atoms with Crippen molar-refractivity contribution in [1.82, 2.24) is 5.43 Å². The van der Waals surface area contributed by atoms with Crippen molar-refractivity contribution in [1.29, 1.82) is 0 Å². The van der Waals surface area contributed by atoms with Gasteiger partial charge in [0.25, 0.3) is 0 Å². The van der Waals surface area contributed by atoms with Gasteiger partial charge < -0.3 is 9.52 Å². The molecule has 0 aliphatic rings. The zero-order valence-electron chi connectivity index (χ0n) is 13.4. The number of phenolic OH excluding ortho intramolecular Hbond substituents is 1. The third-order valence-corrected chi connectivity index (χ3v) is 4.67. The van der Waals surface area contributed by atoms with Gasteiger partial charge >= 0.3 is 5.91 Å². The smallest absolute Gasteiger partial charge is 0.307 e. The number of carbonyl (C=O) groups excluding carboxylic acids is 1. The summed E-state index contributed by atoms with van der Waals surface area (Å²) in [5, 5.41) is 14.8. The summed E-state index contributed by atoms with van der Waals surface area (Å²) < 4.78 is 7.22. The van der Waals surface area contributed by atoms with Gasteiger partial charge in [-0.1, -0.05) is 22.0 Å². The van der Waals surface area contributed by atoms with E-state index in [0.717, 1.165) is 19.9 Å². The third kappa shape index (κ3) is 3.77. The molecule has 25 heavy (non-hydrogen) atoms. The lowest BCUT2D eigenvalue weighted by atomic mass is 10.1. The minimum Gasteiger partial charge on any atom is -0.507 e. The Hall–Kier alpha value is -2.12. The summed E-state index contributed by atoms with van der Waals surface area (Å²) in [5.41, 5.74) is 5.03. The number of amides is 1. The van der Waals surface area contributed by atoms with Gasteiger partial charge in [-0.3, -0.25) is 4.79 Å². The van der Waals surface area contributed by atoms with E-state index in [0.29, 0.717) is 16.9 Å². The molecule has 128 valence electrons. The van der Waals surface area contributed by atoms with Crippen LogP contribution in [0, 0.1) is 6.92 Å². The Morgan fingerprint density at radius 3 is 2.68 bits per heavy atom. The summed E-state index contributed by atoms with van der Waals surface area (Å²) in [4.78, 5) is 12.3. The van der Waals surface area contributed by atoms with Crippen LogP contribution in [0.1, 0.15) is 28.6 Å². The molecule has 3 rings (SSSR count). The highest BCUT2D eigenvalue weighted by Gasteiger charge is 2.14. The maximum atomic E-state index is 12.3. The lowest BCUT2D eigenvalue weighted by Gasteiger charge is -2.05. The number of nitrogens with zero attached hydrogens (tertiary/aromatic N) is 1. The molecule has 2 N–H and O–H groups in total. The van der Waals surface area contributed by atoms with Gasteiger partial charge in [0.1, 0.15) is 11.3 Å². The molecule has 0 aliphatic heterocycles. The fraction of sp³-hybridized carbons (Fsp3) is 0.111. The average Bonchev–Trinajstić information content (AvgIpc) is 2.96. The largest absolute Gasteiger partial charge is 0.507 e. The summed E-state index contributed by atoms with van der Waals surface area (Å²) >= 11 is 6.81. The second kappa shape index (κ2) is 7.01. The van der Waals surface area contributed by atoms with Gasteiger partial charge in [-0.15, -0.1) is 0 Å². The Labute approximate surface area is 161 Å². The summed E-state index contributed by atoms with van der Waals surface area (Å²) in [6, 6.07) is 10.6. The summed E-state index contributed by atoms with van der Waals surface area (Å²) in [5.74, 6) is -0.198. The number of aromatic hydroxyl groups is 1. The number of aryl methyl sites for hydroxylation is 1. The van der Waals surface area contributed by atoms with Crippen LogP contribution in [0.3, 0.4) is 0 Å². The van der Waals surface area contributed by atoms with E-state index in [9.17, 15) is 9.90 Å². The fourth-order valence-corrected chi connectivity index (χ4v) is 3.72. The van der Waals surface area contributed by atoms with Crippen LogP contribution in [-0.2, 0) is 0 Å². The highest BCUT2D eigenvalue weighted by molar-refractivity contribution is 9.11. The predicted molar refractivity (Wildman–Crippen MR) is 104 cm³/mol. The molecule has 0 saturated heterocycles. The van der Waals surface area contributed by atoms with Gasteiger partial charge in [0.2, 0.25) is 0 Å². The number of fused-ring (bicyclic) bond motifs is 1. The number of rotatable bonds is 3. The van der Waals surface area contributed by atoms with Crippen LogP contribution in [0.15, 0.2) is 54.9 Å². The molecule has 0 radical (unpaired) electrons. The summed E-state index contributed by atoms with van der Waals surface area (Å²) in [6.07, 6.45) is 0. The van der Waals surface area contributed by atoms with Crippen molar-refractivity contribution in [2.75, 3.05) is 0 Å². The minimum atomic E-state index is -0.467. The van der Waals surface area contributed by atoms with Crippen molar-refractivity contribution in [3.05, 3.63) is 62.2 Å². The number of hydrogen-bond donors (Lipinski definition) is 2. The summed E-state index contributed by atoms with van der Waals surface area (Å²) in [6.45, 7) is 3.59. The average molecular weight is 466 g/mol. The molecule has 0 aliphatic carbocycles. The number of furan rings is 1. The lowest BCUT2D eigenvalue weighted by Crippen LogP contribution is -2.18. The van der Waals surface area contributed by atoms with Gasteiger partial charge in [0, 0.05) is 15.4 Å². The number of nitrogens with one attached hydrogen (secondary N) is 1. The first kappa shape index (κ1) is 17.7. The first-order valence-electron chi connectivity index (χ1n) is 7.38. The van der Waals surface area contributed by atoms with Crippen LogP contribution < -0.4 is 5.43 Å². The zero-order chi connectivity index (χ0) is 18.1. The van der Waals surface area contributed by atoms with Crippen LogP contribution >= 0.6 is 31.9 Å². The van der Waals surface area contributed by atoms with Crippen LogP contribution in [0.25, 0.3) is 11.0 Å². The number of benzene rings is 2. The van der Waals surface area contributed by atoms with Crippen molar-refractivity contribution in [2.24, 2.45) is 5.10 Å². The first-order chi connectivity index (χ1) is 11.8. The van der Waals surface area contributed by atoms with E-state index < -0.39 is 5.91 Å². The molecule has 1 amide bonds. The van der Waals surface area contributed by atoms with Crippen molar-refractivity contribution < 1.29 is 14.3 Å². The van der Waals surface area contributed by atoms with Crippen LogP contribution in [-0.4, -0.2) is 16.7 Å². The topological polar surface area (TPSA) is 74.8 Å². The maximum absolute atomic E-state index is 12.3. The molecule has 0 unspecified atom stereocenters. The molecule has 0 atom stereocenters. The molecule has 1 aromatic heterocycles. The van der Waals surface area contributed by atoms with E-state index in [1.165, 1.54) is 0 Å². The van der Waals surface area contributed by atoms with E-state index in [4.69, 9.17) is 4.42 Å². The number of halogens is 2. The first-order valence-corrected chi connectivity index (χ1v) is 8.97. The van der Waals surface area contributed by atoms with Crippen LogP contribution in [0.5, 0.6) is 5.75 Å². The highest BCUT2D eigenvalue weighted by Crippen LogP contribution is 2.31. The zero-order valence-corrected chi connectivity index (χ0v) is 16.6. The van der Waals surface area contributed by atoms with E-state index in [1.54, 1.807) is 25.1 Å². The minimum absolute atomic E-state index is 0.119. The standard InChI is InChI=1S/C18H14Br2N2O3/c1-9-3-4-13(15(23)5-9)10(2)21-22-18(24)16-7-11-6-12(19)8-14(20)17(11)25-16/h3-8,23H,1-2H3,(H,22,24)/b21-10+. The Morgan fingerprint density at radius 1 is 1.20 bits per heavy atom. The monoisotopic (exact) mass is 464 g/mol. The molecular formula is C18H14Br2N2O3. The number of phenols is 1. The highest BCUT2D eigenvalue weighted by atomic mass is 79.9. The quantitative estimate of drug-likeness (QED) is 0.416. The predicted octanol–water partition coefficient (Wildman–Crippen LogP) is 5.13. The Kier molecular flexibility index (Phi) is 4.96. The molecule has 3 aromatic rings. The number of hydrazone groups is 1. The van der Waals surface area contributed by atoms with Gasteiger partial charge in [-0.05, 0) is 65.7 Å².